The standard InChI is InChI=1S/C34H40O5S/c1-5-33(28(18-31(35)37-4)27-16-23(2)32(36)24(3)17-27)21-38-34(39-22-33)19-29(25-12-8-6-9-13-25)40-30(20-34)26-14-10-7-11-15-26/h6-17,28-30,36H,5,18-22H2,1-4H3. The number of rotatable bonds is 7. The van der Waals surface area contributed by atoms with Gasteiger partial charge in [0.25, 0.3) is 0 Å². The van der Waals surface area contributed by atoms with Gasteiger partial charge in [0.1, 0.15) is 5.75 Å². The third-order valence-corrected chi connectivity index (χ3v) is 10.4. The van der Waals surface area contributed by atoms with Crippen LogP contribution in [0.15, 0.2) is 72.8 Å². The molecule has 2 fully saturated rings. The molecule has 1 N–H and O–H groups in total. The van der Waals surface area contributed by atoms with Gasteiger partial charge < -0.3 is 19.3 Å². The van der Waals surface area contributed by atoms with Gasteiger partial charge >= 0.3 is 5.97 Å². The smallest absolute Gasteiger partial charge is 0.306 e. The van der Waals surface area contributed by atoms with Gasteiger partial charge in [-0.15, -0.1) is 11.8 Å². The highest BCUT2D eigenvalue weighted by Crippen LogP contribution is 2.58. The first-order valence-corrected chi connectivity index (χ1v) is 15.1. The Labute approximate surface area is 242 Å². The molecule has 3 atom stereocenters. The van der Waals surface area contributed by atoms with E-state index in [9.17, 15) is 9.90 Å². The summed E-state index contributed by atoms with van der Waals surface area (Å²) < 4.78 is 18.9. The molecular formula is C34H40O5S. The van der Waals surface area contributed by atoms with Gasteiger partial charge in [0.2, 0.25) is 0 Å². The predicted octanol–water partition coefficient (Wildman–Crippen LogP) is 7.80. The predicted molar refractivity (Wildman–Crippen MR) is 160 cm³/mol. The Morgan fingerprint density at radius 2 is 1.45 bits per heavy atom. The minimum atomic E-state index is -0.707. The van der Waals surface area contributed by atoms with Crippen molar-refractivity contribution in [2.45, 2.75) is 68.7 Å². The summed E-state index contributed by atoms with van der Waals surface area (Å²) in [6.45, 7) is 6.91. The zero-order chi connectivity index (χ0) is 28.3. The molecule has 2 saturated heterocycles. The number of hydrogen-bond acceptors (Lipinski definition) is 6. The van der Waals surface area contributed by atoms with E-state index in [0.717, 1.165) is 36.0 Å². The summed E-state index contributed by atoms with van der Waals surface area (Å²) in [5.74, 6) is -0.849. The number of aromatic hydroxyl groups is 1. The Kier molecular flexibility index (Phi) is 8.60. The second-order valence-corrected chi connectivity index (χ2v) is 12.8. The fraction of sp³-hybridized carbons (Fsp3) is 0.441. The maximum atomic E-state index is 12.7. The van der Waals surface area contributed by atoms with Gasteiger partial charge in [0, 0.05) is 34.7 Å². The van der Waals surface area contributed by atoms with Crippen LogP contribution in [0.25, 0.3) is 0 Å². The molecule has 0 amide bonds. The SMILES string of the molecule is CCC1(C(CC(=O)OC)c2cc(C)c(O)c(C)c2)COC2(CC(c3ccccc3)SC(c3ccccc3)C2)OC1. The van der Waals surface area contributed by atoms with Crippen molar-refractivity contribution < 1.29 is 24.1 Å². The summed E-state index contributed by atoms with van der Waals surface area (Å²) >= 11 is 1.99. The minimum absolute atomic E-state index is 0.173. The quantitative estimate of drug-likeness (QED) is 0.297. The number of methoxy groups -OCH3 is 1. The lowest BCUT2D eigenvalue weighted by molar-refractivity contribution is -0.315. The number of carbonyl (C=O) groups is 1. The Bertz CT molecular complexity index is 1230. The van der Waals surface area contributed by atoms with E-state index >= 15 is 0 Å². The summed E-state index contributed by atoms with van der Waals surface area (Å²) in [6, 6.07) is 25.3. The molecule has 2 heterocycles. The van der Waals surface area contributed by atoms with Crippen molar-refractivity contribution in [2.24, 2.45) is 5.41 Å². The topological polar surface area (TPSA) is 65.0 Å². The van der Waals surface area contributed by atoms with Crippen LogP contribution in [0.4, 0.5) is 0 Å². The number of benzene rings is 3. The Hall–Kier alpha value is -2.80. The van der Waals surface area contributed by atoms with Gasteiger partial charge in [-0.1, -0.05) is 79.7 Å². The molecule has 0 aromatic heterocycles. The van der Waals surface area contributed by atoms with Gasteiger partial charge in [-0.05, 0) is 48.1 Å². The summed E-state index contributed by atoms with van der Waals surface area (Å²) in [5, 5.41) is 10.9. The number of aryl methyl sites for hydroxylation is 2. The molecule has 5 nitrogen and oxygen atoms in total. The first-order chi connectivity index (χ1) is 19.3. The largest absolute Gasteiger partial charge is 0.507 e. The minimum Gasteiger partial charge on any atom is -0.507 e. The Balaban J connectivity index is 1.46. The lowest BCUT2D eigenvalue weighted by atomic mass is 9.68. The highest BCUT2D eigenvalue weighted by molar-refractivity contribution is 7.99. The number of phenols is 1. The van der Waals surface area contributed by atoms with Crippen molar-refractivity contribution in [3.8, 4) is 5.75 Å². The average molecular weight is 561 g/mol. The Morgan fingerprint density at radius 1 is 0.950 bits per heavy atom. The van der Waals surface area contributed by atoms with E-state index in [2.05, 4.69) is 67.6 Å². The molecule has 3 unspecified atom stereocenters. The van der Waals surface area contributed by atoms with E-state index in [1.807, 2.05) is 37.7 Å². The first-order valence-electron chi connectivity index (χ1n) is 14.2. The molecule has 0 radical (unpaired) electrons. The lowest BCUT2D eigenvalue weighted by Crippen LogP contribution is -2.54. The van der Waals surface area contributed by atoms with E-state index in [-0.39, 0.29) is 28.8 Å². The maximum Gasteiger partial charge on any atom is 0.306 e. The molecule has 6 heteroatoms. The first kappa shape index (κ1) is 28.7. The second-order valence-electron chi connectivity index (χ2n) is 11.4. The van der Waals surface area contributed by atoms with Crippen molar-refractivity contribution >= 4 is 17.7 Å². The summed E-state index contributed by atoms with van der Waals surface area (Å²) in [4.78, 5) is 12.7. The van der Waals surface area contributed by atoms with E-state index in [4.69, 9.17) is 14.2 Å². The summed E-state index contributed by atoms with van der Waals surface area (Å²) in [7, 11) is 1.43. The third kappa shape index (κ3) is 5.81. The molecule has 5 rings (SSSR count). The van der Waals surface area contributed by atoms with Gasteiger partial charge in [-0.2, -0.15) is 0 Å². The number of thioether (sulfide) groups is 1. The molecule has 0 saturated carbocycles. The highest BCUT2D eigenvalue weighted by Gasteiger charge is 2.52. The van der Waals surface area contributed by atoms with Gasteiger partial charge in [-0.25, -0.2) is 0 Å². The van der Waals surface area contributed by atoms with E-state index in [0.29, 0.717) is 19.0 Å². The van der Waals surface area contributed by atoms with Crippen molar-refractivity contribution in [1.82, 2.24) is 0 Å². The van der Waals surface area contributed by atoms with Crippen LogP contribution >= 0.6 is 11.8 Å². The molecule has 1 spiro atoms. The van der Waals surface area contributed by atoms with Gasteiger partial charge in [0.15, 0.2) is 5.79 Å². The van der Waals surface area contributed by atoms with Crippen molar-refractivity contribution in [2.75, 3.05) is 20.3 Å². The fourth-order valence-electron chi connectivity index (χ4n) is 6.32. The van der Waals surface area contributed by atoms with E-state index < -0.39 is 11.2 Å². The zero-order valence-electron chi connectivity index (χ0n) is 23.9. The second kappa shape index (κ2) is 12.0. The molecular weight excluding hydrogens is 520 g/mol. The monoisotopic (exact) mass is 560 g/mol. The molecule has 3 aromatic rings. The third-order valence-electron chi connectivity index (χ3n) is 8.87. The molecule has 40 heavy (non-hydrogen) atoms. The normalized spacial score (nSPS) is 27.3. The lowest BCUT2D eigenvalue weighted by Gasteiger charge is -2.52. The molecule has 212 valence electrons. The van der Waals surface area contributed by atoms with Crippen LogP contribution in [0.2, 0.25) is 0 Å². The van der Waals surface area contributed by atoms with E-state index in [1.165, 1.54) is 18.2 Å². The van der Waals surface area contributed by atoms with Crippen molar-refractivity contribution in [3.63, 3.8) is 0 Å². The average Bonchev–Trinajstić information content (AvgIpc) is 2.99. The molecule has 0 aliphatic carbocycles. The van der Waals surface area contributed by atoms with Crippen LogP contribution in [0.5, 0.6) is 5.75 Å². The molecule has 3 aromatic carbocycles. The van der Waals surface area contributed by atoms with E-state index in [1.54, 1.807) is 0 Å². The number of hydrogen-bond donors (Lipinski definition) is 1. The van der Waals surface area contributed by atoms with Crippen molar-refractivity contribution in [1.29, 1.82) is 0 Å². The van der Waals surface area contributed by atoms with Gasteiger partial charge in [0.05, 0.1) is 26.7 Å². The van der Waals surface area contributed by atoms with Crippen LogP contribution in [0.3, 0.4) is 0 Å². The molecule has 0 bridgehead atoms. The van der Waals surface area contributed by atoms with Crippen molar-refractivity contribution in [3.05, 3.63) is 101 Å². The van der Waals surface area contributed by atoms with Crippen LogP contribution in [-0.4, -0.2) is 37.2 Å². The molecule has 2 aliphatic rings. The summed E-state index contributed by atoms with van der Waals surface area (Å²) in [5.41, 5.74) is 4.75. The number of ether oxygens (including phenoxy) is 3. The highest BCUT2D eigenvalue weighted by atomic mass is 32.2. The van der Waals surface area contributed by atoms with Crippen LogP contribution in [0.1, 0.15) is 76.8 Å². The van der Waals surface area contributed by atoms with Crippen LogP contribution in [0, 0.1) is 19.3 Å². The maximum absolute atomic E-state index is 12.7. The molecule has 2 aliphatic heterocycles. The van der Waals surface area contributed by atoms with Crippen LogP contribution < -0.4 is 0 Å². The number of esters is 1. The van der Waals surface area contributed by atoms with Crippen LogP contribution in [-0.2, 0) is 19.0 Å². The fourth-order valence-corrected chi connectivity index (χ4v) is 8.05. The summed E-state index contributed by atoms with van der Waals surface area (Å²) in [6.07, 6.45) is 2.54. The number of phenolic OH excluding ortho intramolecular Hbond substituents is 1. The zero-order valence-corrected chi connectivity index (χ0v) is 24.7. The Morgan fingerprint density at radius 3 is 1.90 bits per heavy atom. The van der Waals surface area contributed by atoms with Gasteiger partial charge in [-0.3, -0.25) is 4.79 Å². The number of carbonyl (C=O) groups excluding carboxylic acids is 1.